The molecule has 0 saturated heterocycles. The molecule has 0 aromatic heterocycles. The Bertz CT molecular complexity index is 629. The second-order valence-corrected chi connectivity index (χ2v) is 13.6. The summed E-state index contributed by atoms with van der Waals surface area (Å²) in [6.07, 6.45) is 0.817. The van der Waals surface area contributed by atoms with Crippen molar-refractivity contribution in [2.75, 3.05) is 62.7 Å². The molecule has 0 aliphatic rings. The maximum atomic E-state index is 12.0. The van der Waals surface area contributed by atoms with Crippen LogP contribution in [-0.4, -0.2) is 90.6 Å². The van der Waals surface area contributed by atoms with Gasteiger partial charge in [0, 0.05) is 11.1 Å². The van der Waals surface area contributed by atoms with Gasteiger partial charge in [-0.15, -0.1) is 0 Å². The lowest BCUT2D eigenvalue weighted by atomic mass is 10.0. The second kappa shape index (κ2) is 15.2. The summed E-state index contributed by atoms with van der Waals surface area (Å²) in [5, 5.41) is 0. The number of rotatable bonds is 20. The second-order valence-electron chi connectivity index (χ2n) is 8.60. The normalized spacial score (nSPS) is 13.6. The van der Waals surface area contributed by atoms with E-state index in [0.717, 1.165) is 0 Å². The molecular formula is C18H38Cl2N2O7S2. The molecule has 0 aromatic carbocycles. The third kappa shape index (κ3) is 18.4. The van der Waals surface area contributed by atoms with Crippen molar-refractivity contribution >= 4 is 43.2 Å². The van der Waals surface area contributed by atoms with E-state index in [-0.39, 0.29) is 49.4 Å². The van der Waals surface area contributed by atoms with Gasteiger partial charge in [0.1, 0.15) is 0 Å². The Labute approximate surface area is 197 Å². The predicted octanol–water partition coefficient (Wildman–Crippen LogP) is 1.69. The van der Waals surface area contributed by atoms with Crippen molar-refractivity contribution < 1.29 is 31.0 Å². The molecule has 0 atom stereocenters. The number of nitrogens with one attached hydrogen (secondary N) is 2. The first kappa shape index (κ1) is 31.3. The van der Waals surface area contributed by atoms with Crippen molar-refractivity contribution in [2.45, 2.75) is 51.6 Å². The van der Waals surface area contributed by atoms with Gasteiger partial charge in [0.05, 0.1) is 62.7 Å². The largest absolute Gasteiger partial charge is 0.378 e. The first-order valence-corrected chi connectivity index (χ1v) is 14.5. The molecule has 31 heavy (non-hydrogen) atoms. The van der Waals surface area contributed by atoms with E-state index in [1.807, 2.05) is 27.7 Å². The lowest BCUT2D eigenvalue weighted by Crippen LogP contribution is -2.35. The van der Waals surface area contributed by atoms with Crippen molar-refractivity contribution in [2.24, 2.45) is 0 Å². The topological polar surface area (TPSA) is 120 Å². The highest BCUT2D eigenvalue weighted by molar-refractivity contribution is 7.91. The fraction of sp³-hybridized carbons (Fsp3) is 1.00. The van der Waals surface area contributed by atoms with Crippen LogP contribution in [-0.2, 0) is 33.9 Å². The molecule has 0 aromatic rings. The van der Waals surface area contributed by atoms with Crippen molar-refractivity contribution in [1.82, 2.24) is 9.67 Å². The van der Waals surface area contributed by atoms with Gasteiger partial charge in [-0.05, 0) is 64.1 Å². The van der Waals surface area contributed by atoms with Crippen LogP contribution in [0.2, 0.25) is 0 Å². The smallest absolute Gasteiger partial charge is 0.152 e. The number of halogens is 2. The molecule has 2 N–H and O–H groups in total. The molecule has 0 bridgehead atoms. The van der Waals surface area contributed by atoms with Crippen LogP contribution >= 0.6 is 23.6 Å². The minimum atomic E-state index is -3.20. The van der Waals surface area contributed by atoms with E-state index in [9.17, 15) is 16.8 Å². The maximum Gasteiger partial charge on any atom is 0.152 e. The first-order valence-electron chi connectivity index (χ1n) is 10.1. The lowest BCUT2D eigenvalue weighted by molar-refractivity contribution is 0.0202. The zero-order chi connectivity index (χ0) is 24.0. The molecule has 0 aliphatic carbocycles. The Morgan fingerprint density at radius 1 is 0.581 bits per heavy atom. The average molecular weight is 530 g/mol. The zero-order valence-corrected chi connectivity index (χ0v) is 22.1. The summed E-state index contributed by atoms with van der Waals surface area (Å²) in [5.41, 5.74) is -0.900. The van der Waals surface area contributed by atoms with Crippen LogP contribution in [0.4, 0.5) is 0 Å². The van der Waals surface area contributed by atoms with Crippen LogP contribution < -0.4 is 9.67 Å². The summed E-state index contributed by atoms with van der Waals surface area (Å²) < 4.78 is 63.7. The minimum Gasteiger partial charge on any atom is -0.378 e. The van der Waals surface area contributed by atoms with Crippen molar-refractivity contribution in [3.05, 3.63) is 0 Å². The number of hydrogen-bond donors (Lipinski definition) is 2. The number of sulfone groups is 2. The minimum absolute atomic E-state index is 0.0357. The summed E-state index contributed by atoms with van der Waals surface area (Å²) in [4.78, 5) is 5.11. The first-order chi connectivity index (χ1) is 14.2. The highest BCUT2D eigenvalue weighted by atomic mass is 35.5. The third-order valence-corrected chi connectivity index (χ3v) is 8.66. The molecule has 0 heterocycles. The molecule has 0 spiro atoms. The van der Waals surface area contributed by atoms with Crippen molar-refractivity contribution in [3.8, 4) is 0 Å². The molecule has 0 radical (unpaired) electrons. The van der Waals surface area contributed by atoms with Crippen LogP contribution in [0.3, 0.4) is 0 Å². The maximum absolute atomic E-state index is 12.0. The van der Waals surface area contributed by atoms with Gasteiger partial charge in [0.15, 0.2) is 19.7 Å². The van der Waals surface area contributed by atoms with E-state index in [2.05, 4.69) is 9.67 Å². The van der Waals surface area contributed by atoms with Gasteiger partial charge >= 0.3 is 0 Å². The van der Waals surface area contributed by atoms with E-state index in [1.165, 1.54) is 0 Å². The van der Waals surface area contributed by atoms with E-state index in [1.54, 1.807) is 0 Å². The summed E-state index contributed by atoms with van der Waals surface area (Å²) in [7, 11) is -6.40. The summed E-state index contributed by atoms with van der Waals surface area (Å²) in [6.45, 7) is 8.64. The molecule has 9 nitrogen and oxygen atoms in total. The summed E-state index contributed by atoms with van der Waals surface area (Å²) in [5.74, 6) is -0.0375. The van der Waals surface area contributed by atoms with E-state index >= 15 is 0 Å². The average Bonchev–Trinajstić information content (AvgIpc) is 2.69. The molecular weight excluding hydrogens is 491 g/mol. The van der Waals surface area contributed by atoms with Crippen molar-refractivity contribution in [1.29, 1.82) is 0 Å². The van der Waals surface area contributed by atoms with Gasteiger partial charge in [-0.3, -0.25) is 0 Å². The Kier molecular flexibility index (Phi) is 15.4. The fourth-order valence-corrected chi connectivity index (χ4v) is 5.02. The van der Waals surface area contributed by atoms with Gasteiger partial charge in [-0.1, -0.05) is 0 Å². The van der Waals surface area contributed by atoms with Crippen LogP contribution in [0.15, 0.2) is 0 Å². The number of hydrogen-bond acceptors (Lipinski definition) is 9. The van der Waals surface area contributed by atoms with Crippen LogP contribution in [0.25, 0.3) is 0 Å². The molecule has 0 amide bonds. The molecule has 0 aliphatic heterocycles. The fourth-order valence-electron chi connectivity index (χ4n) is 2.03. The van der Waals surface area contributed by atoms with Crippen LogP contribution in [0.5, 0.6) is 0 Å². The number of ether oxygens (including phenoxy) is 3. The van der Waals surface area contributed by atoms with Crippen LogP contribution in [0, 0.1) is 0 Å². The molecule has 0 unspecified atom stereocenters. The Balaban J connectivity index is 3.68. The molecule has 0 fully saturated rings. The van der Waals surface area contributed by atoms with Gasteiger partial charge in [0.2, 0.25) is 0 Å². The van der Waals surface area contributed by atoms with E-state index in [0.29, 0.717) is 26.1 Å². The Morgan fingerprint density at radius 2 is 0.871 bits per heavy atom. The van der Waals surface area contributed by atoms with Gasteiger partial charge in [-0.2, -0.15) is 0 Å². The molecule has 0 saturated carbocycles. The monoisotopic (exact) mass is 528 g/mol. The highest BCUT2D eigenvalue weighted by Crippen LogP contribution is 2.12. The zero-order valence-electron chi connectivity index (χ0n) is 18.9. The molecule has 0 rings (SSSR count). The van der Waals surface area contributed by atoms with Gasteiger partial charge in [0.25, 0.3) is 0 Å². The SMILES string of the molecule is CC(C)(CCS(=O)(=O)CCOCCOCCOCCS(=O)(=O)CCC(C)(C)NCl)NCl. The highest BCUT2D eigenvalue weighted by Gasteiger charge is 2.21. The standard InChI is InChI=1S/C18H38Cl2N2O7S2/c1-17(2,21-19)5-13-30(23,24)15-11-28-9-7-27-8-10-29-12-16-31(25,26)14-6-18(3,4)22-20/h21-22H,5-16H2,1-4H3. The van der Waals surface area contributed by atoms with E-state index < -0.39 is 30.8 Å². The Hall–Kier alpha value is 0.280. The van der Waals surface area contributed by atoms with Gasteiger partial charge in [-0.25, -0.2) is 26.5 Å². The predicted molar refractivity (Wildman–Crippen MR) is 125 cm³/mol. The summed E-state index contributed by atoms with van der Waals surface area (Å²) in [6, 6.07) is 0. The summed E-state index contributed by atoms with van der Waals surface area (Å²) >= 11 is 11.1. The molecule has 188 valence electrons. The lowest BCUT2D eigenvalue weighted by Gasteiger charge is -2.21. The third-order valence-electron chi connectivity index (χ3n) is 4.41. The Morgan fingerprint density at radius 3 is 1.16 bits per heavy atom. The molecule has 13 heteroatoms. The van der Waals surface area contributed by atoms with Crippen molar-refractivity contribution in [3.63, 3.8) is 0 Å². The van der Waals surface area contributed by atoms with Crippen LogP contribution in [0.1, 0.15) is 40.5 Å². The van der Waals surface area contributed by atoms with E-state index in [4.69, 9.17) is 37.8 Å². The quantitative estimate of drug-likeness (QED) is 0.179. The van der Waals surface area contributed by atoms with Gasteiger partial charge < -0.3 is 14.2 Å².